The van der Waals surface area contributed by atoms with Crippen molar-refractivity contribution < 1.29 is 0 Å². The average molecular weight is 317 g/mol. The molecule has 5 heteroatoms. The average Bonchev–Trinajstić information content (AvgIpc) is 3.19. The molecule has 0 unspecified atom stereocenters. The van der Waals surface area contributed by atoms with Crippen LogP contribution in [0.5, 0.6) is 0 Å². The summed E-state index contributed by atoms with van der Waals surface area (Å²) in [5, 5.41) is 11.3. The fourth-order valence-electron chi connectivity index (χ4n) is 4.23. The maximum Gasteiger partial charge on any atom is 0.113 e. The first-order valence-electron chi connectivity index (χ1n) is 8.22. The van der Waals surface area contributed by atoms with Crippen LogP contribution < -0.4 is 0 Å². The highest BCUT2D eigenvalue weighted by atomic mass is 15.3. The predicted molar refractivity (Wildman–Crippen MR) is 94.2 cm³/mol. The first kappa shape index (κ1) is 13.7. The van der Waals surface area contributed by atoms with E-state index < -0.39 is 0 Å². The second kappa shape index (κ2) is 4.04. The zero-order valence-corrected chi connectivity index (χ0v) is 14.2. The van der Waals surface area contributed by atoms with Crippen molar-refractivity contribution >= 4 is 22.1 Å². The zero-order chi connectivity index (χ0) is 16.7. The first-order chi connectivity index (χ1) is 11.4. The molecule has 1 aliphatic carbocycles. The van der Waals surface area contributed by atoms with Gasteiger partial charge in [-0.15, -0.1) is 0 Å². The van der Waals surface area contributed by atoms with E-state index in [1.165, 1.54) is 22.3 Å². The summed E-state index contributed by atoms with van der Waals surface area (Å²) in [6.45, 7) is 9.14. The van der Waals surface area contributed by atoms with Gasteiger partial charge in [-0.2, -0.15) is 15.4 Å². The molecule has 0 bridgehead atoms. The summed E-state index contributed by atoms with van der Waals surface area (Å²) in [4.78, 5) is 7.70. The number of hydrogen-bond donors (Lipinski definition) is 2. The molecule has 0 radical (unpaired) electrons. The van der Waals surface area contributed by atoms with Crippen molar-refractivity contribution in [3.8, 4) is 0 Å². The Kier molecular flexibility index (Phi) is 2.31. The number of nitrogens with zero attached hydrogens (tertiary/aromatic N) is 3. The van der Waals surface area contributed by atoms with Crippen molar-refractivity contribution in [2.24, 2.45) is 0 Å². The molecule has 24 heavy (non-hydrogen) atoms. The van der Waals surface area contributed by atoms with Gasteiger partial charge in [-0.25, -0.2) is 4.98 Å². The third-order valence-electron chi connectivity index (χ3n) is 5.71. The van der Waals surface area contributed by atoms with Gasteiger partial charge in [-0.3, -0.25) is 0 Å². The van der Waals surface area contributed by atoms with Gasteiger partial charge in [0.1, 0.15) is 11.0 Å². The van der Waals surface area contributed by atoms with E-state index in [-0.39, 0.29) is 10.8 Å². The number of nitrogens with one attached hydrogen (secondary N) is 2. The highest BCUT2D eigenvalue weighted by Crippen LogP contribution is 2.50. The topological polar surface area (TPSA) is 70.2 Å². The van der Waals surface area contributed by atoms with E-state index in [2.05, 4.69) is 77.3 Å². The molecule has 0 atom stereocenters. The maximum atomic E-state index is 4.45. The minimum Gasteiger partial charge on any atom is -0.345 e. The van der Waals surface area contributed by atoms with E-state index in [9.17, 15) is 0 Å². The molecule has 2 heterocycles. The van der Waals surface area contributed by atoms with Crippen molar-refractivity contribution in [3.05, 3.63) is 52.8 Å². The fourth-order valence-corrected chi connectivity index (χ4v) is 4.23. The molecule has 4 aromatic rings. The van der Waals surface area contributed by atoms with E-state index in [0.717, 1.165) is 22.1 Å². The van der Waals surface area contributed by atoms with E-state index in [1.54, 1.807) is 6.33 Å². The van der Waals surface area contributed by atoms with Crippen LogP contribution >= 0.6 is 0 Å². The number of fused-ring (bicyclic) bond motifs is 4. The minimum atomic E-state index is -0.111. The lowest BCUT2D eigenvalue weighted by molar-refractivity contribution is 0.522. The molecule has 5 nitrogen and oxygen atoms in total. The number of rotatable bonds is 0. The molecule has 0 spiro atoms. The second-order valence-electron chi connectivity index (χ2n) is 7.78. The van der Waals surface area contributed by atoms with Crippen molar-refractivity contribution in [1.82, 2.24) is 25.4 Å². The van der Waals surface area contributed by atoms with Crippen molar-refractivity contribution in [2.75, 3.05) is 0 Å². The smallest absolute Gasteiger partial charge is 0.113 e. The third-order valence-corrected chi connectivity index (χ3v) is 5.71. The second-order valence-corrected chi connectivity index (χ2v) is 7.78. The molecular formula is C19H19N5. The van der Waals surface area contributed by atoms with Crippen LogP contribution in [-0.2, 0) is 10.8 Å². The van der Waals surface area contributed by atoms with Gasteiger partial charge < -0.3 is 4.98 Å². The van der Waals surface area contributed by atoms with E-state index >= 15 is 0 Å². The van der Waals surface area contributed by atoms with Gasteiger partial charge in [0.15, 0.2) is 0 Å². The van der Waals surface area contributed by atoms with Gasteiger partial charge in [-0.05, 0) is 46.5 Å². The van der Waals surface area contributed by atoms with E-state index in [1.807, 2.05) is 0 Å². The summed E-state index contributed by atoms with van der Waals surface area (Å²) in [5.41, 5.74) is 9.05. The summed E-state index contributed by atoms with van der Waals surface area (Å²) in [5.74, 6) is 0. The van der Waals surface area contributed by atoms with Crippen molar-refractivity contribution in [3.63, 3.8) is 0 Å². The minimum absolute atomic E-state index is 0.105. The van der Waals surface area contributed by atoms with Crippen LogP contribution in [-0.4, -0.2) is 25.4 Å². The molecule has 2 N–H and O–H groups in total. The molecule has 0 fully saturated rings. The van der Waals surface area contributed by atoms with Crippen LogP contribution in [0.15, 0.2) is 30.6 Å². The van der Waals surface area contributed by atoms with Gasteiger partial charge in [0.25, 0.3) is 0 Å². The molecule has 0 saturated heterocycles. The monoisotopic (exact) mass is 317 g/mol. The molecule has 2 aromatic heterocycles. The number of benzene rings is 2. The summed E-state index contributed by atoms with van der Waals surface area (Å²) in [6, 6.07) is 8.87. The normalized spacial score (nSPS) is 17.8. The number of H-pyrrole nitrogens is 2. The SMILES string of the molecule is CC1(C)c2cc3n[nH]nc3cc2C(C)(C)c2cc3[nH]cnc3cc21. The first-order valence-corrected chi connectivity index (χ1v) is 8.22. The maximum absolute atomic E-state index is 4.45. The van der Waals surface area contributed by atoms with Crippen LogP contribution in [0.1, 0.15) is 49.9 Å². The predicted octanol–water partition coefficient (Wildman–Crippen LogP) is 3.80. The Morgan fingerprint density at radius 2 is 1.21 bits per heavy atom. The Balaban J connectivity index is 1.93. The zero-order valence-electron chi connectivity index (χ0n) is 14.2. The number of imidazole rings is 1. The number of hydrogen-bond acceptors (Lipinski definition) is 3. The molecule has 0 amide bonds. The van der Waals surface area contributed by atoms with Gasteiger partial charge in [0.2, 0.25) is 0 Å². The molecule has 120 valence electrons. The Labute approximate surface area is 139 Å². The lowest BCUT2D eigenvalue weighted by Crippen LogP contribution is -2.36. The van der Waals surface area contributed by atoms with Gasteiger partial charge in [-0.1, -0.05) is 27.7 Å². The third kappa shape index (κ3) is 1.52. The van der Waals surface area contributed by atoms with Crippen LogP contribution in [0.2, 0.25) is 0 Å². The van der Waals surface area contributed by atoms with Crippen molar-refractivity contribution in [2.45, 2.75) is 38.5 Å². The number of aromatic amines is 2. The lowest BCUT2D eigenvalue weighted by Gasteiger charge is -2.43. The van der Waals surface area contributed by atoms with Gasteiger partial charge >= 0.3 is 0 Å². The Bertz CT molecular complexity index is 943. The fraction of sp³-hybridized carbons (Fsp3) is 0.316. The van der Waals surface area contributed by atoms with Crippen LogP contribution in [0, 0.1) is 0 Å². The highest BCUT2D eigenvalue weighted by molar-refractivity contribution is 5.82. The van der Waals surface area contributed by atoms with Crippen LogP contribution in [0.25, 0.3) is 22.1 Å². The summed E-state index contributed by atoms with van der Waals surface area (Å²) in [7, 11) is 0. The number of aromatic nitrogens is 5. The summed E-state index contributed by atoms with van der Waals surface area (Å²) in [6.07, 6.45) is 1.77. The molecular weight excluding hydrogens is 298 g/mol. The van der Waals surface area contributed by atoms with Crippen molar-refractivity contribution in [1.29, 1.82) is 0 Å². The van der Waals surface area contributed by atoms with Gasteiger partial charge in [0, 0.05) is 10.8 Å². The Morgan fingerprint density at radius 3 is 1.79 bits per heavy atom. The summed E-state index contributed by atoms with van der Waals surface area (Å²) >= 11 is 0. The molecule has 1 aliphatic rings. The standard InChI is InChI=1S/C19H19N5/c1-18(2)10-5-14-15(21-9-20-14)6-11(10)19(3,4)13-8-17-16(7-12(13)18)22-24-23-17/h5-9H,1-4H3,(H,20,21)(H,22,23,24). The molecule has 0 aliphatic heterocycles. The van der Waals surface area contributed by atoms with Crippen LogP contribution in [0.4, 0.5) is 0 Å². The Hall–Kier alpha value is -2.69. The Morgan fingerprint density at radius 1 is 0.708 bits per heavy atom. The van der Waals surface area contributed by atoms with Crippen LogP contribution in [0.3, 0.4) is 0 Å². The molecule has 0 saturated carbocycles. The summed E-state index contributed by atoms with van der Waals surface area (Å²) < 4.78 is 0. The molecule has 5 rings (SSSR count). The highest BCUT2D eigenvalue weighted by Gasteiger charge is 2.42. The van der Waals surface area contributed by atoms with Gasteiger partial charge in [0.05, 0.1) is 17.4 Å². The van der Waals surface area contributed by atoms with E-state index in [4.69, 9.17) is 0 Å². The molecule has 2 aromatic carbocycles. The largest absolute Gasteiger partial charge is 0.345 e. The lowest BCUT2D eigenvalue weighted by atomic mass is 9.60. The quantitative estimate of drug-likeness (QED) is 0.518. The van der Waals surface area contributed by atoms with E-state index in [0.29, 0.717) is 0 Å².